The van der Waals surface area contributed by atoms with Crippen LogP contribution in [-0.2, 0) is 4.79 Å². The Morgan fingerprint density at radius 2 is 2.00 bits per heavy atom. The van der Waals surface area contributed by atoms with Crippen LogP contribution in [0.5, 0.6) is 0 Å². The van der Waals surface area contributed by atoms with Crippen LogP contribution in [0.1, 0.15) is 35.2 Å². The zero-order valence-electron chi connectivity index (χ0n) is 12.5. The molecule has 0 aromatic heterocycles. The molecule has 1 fully saturated rings. The number of amides is 1. The number of carbonyl (C=O) groups excluding carboxylic acids is 2. The molecule has 1 N–H and O–H groups in total. The predicted octanol–water partition coefficient (Wildman–Crippen LogP) is 5.05. The largest absolute Gasteiger partial charge is 0.325 e. The maximum atomic E-state index is 12.5. The maximum absolute atomic E-state index is 12.5. The molecule has 0 heterocycles. The van der Waals surface area contributed by atoms with Crippen LogP contribution in [0.25, 0.3) is 0 Å². The van der Waals surface area contributed by atoms with Crippen LogP contribution < -0.4 is 5.32 Å². The number of hydrogen-bond donors (Lipinski definition) is 1. The van der Waals surface area contributed by atoms with E-state index in [1.807, 2.05) is 24.3 Å². The van der Waals surface area contributed by atoms with E-state index in [1.54, 1.807) is 18.2 Å². The van der Waals surface area contributed by atoms with Gasteiger partial charge in [-0.1, -0.05) is 39.7 Å². The van der Waals surface area contributed by atoms with E-state index in [2.05, 4.69) is 21.2 Å². The molecule has 0 spiro atoms. The van der Waals surface area contributed by atoms with Crippen LogP contribution in [0.15, 0.2) is 46.9 Å². The zero-order valence-corrected chi connectivity index (χ0v) is 14.8. The van der Waals surface area contributed by atoms with Gasteiger partial charge < -0.3 is 5.32 Å². The summed E-state index contributed by atoms with van der Waals surface area (Å²) in [5.41, 5.74) is 2.15. The van der Waals surface area contributed by atoms with Crippen LogP contribution in [0, 0.1) is 5.92 Å². The standard InChI is InChI=1S/C18H15BrClNO2/c1-10(22)14-6-5-12(19)8-17(14)21-18(23)16-9-15(16)11-3-2-4-13(20)7-11/h2-8,15-16H,9H2,1H3,(H,21,23). The molecule has 3 rings (SSSR count). The summed E-state index contributed by atoms with van der Waals surface area (Å²) < 4.78 is 0.819. The highest BCUT2D eigenvalue weighted by molar-refractivity contribution is 9.10. The van der Waals surface area contributed by atoms with Crippen molar-refractivity contribution < 1.29 is 9.59 Å². The van der Waals surface area contributed by atoms with Crippen molar-refractivity contribution >= 4 is 44.9 Å². The highest BCUT2D eigenvalue weighted by atomic mass is 79.9. The van der Waals surface area contributed by atoms with E-state index in [0.29, 0.717) is 16.3 Å². The quantitative estimate of drug-likeness (QED) is 0.740. The summed E-state index contributed by atoms with van der Waals surface area (Å²) in [7, 11) is 0. The molecule has 3 nitrogen and oxygen atoms in total. The lowest BCUT2D eigenvalue weighted by Crippen LogP contribution is -2.16. The second kappa shape index (κ2) is 6.46. The zero-order chi connectivity index (χ0) is 16.6. The van der Waals surface area contributed by atoms with E-state index in [-0.39, 0.29) is 23.5 Å². The monoisotopic (exact) mass is 391 g/mol. The van der Waals surface area contributed by atoms with E-state index >= 15 is 0 Å². The Hall–Kier alpha value is -1.65. The van der Waals surface area contributed by atoms with Gasteiger partial charge in [0.15, 0.2) is 5.78 Å². The maximum Gasteiger partial charge on any atom is 0.228 e. The molecule has 0 bridgehead atoms. The van der Waals surface area contributed by atoms with E-state index in [0.717, 1.165) is 16.5 Å². The molecule has 2 atom stereocenters. The third-order valence-corrected chi connectivity index (χ3v) is 4.75. The Morgan fingerprint density at radius 3 is 2.70 bits per heavy atom. The fraction of sp³-hybridized carbons (Fsp3) is 0.222. The number of benzene rings is 2. The van der Waals surface area contributed by atoms with Crippen molar-refractivity contribution in [3.05, 3.63) is 63.1 Å². The van der Waals surface area contributed by atoms with E-state index in [9.17, 15) is 9.59 Å². The normalized spacial score (nSPS) is 19.3. The van der Waals surface area contributed by atoms with Crippen molar-refractivity contribution in [2.75, 3.05) is 5.32 Å². The minimum absolute atomic E-state index is 0.0597. The number of rotatable bonds is 4. The number of halogens is 2. The molecule has 23 heavy (non-hydrogen) atoms. The fourth-order valence-electron chi connectivity index (χ4n) is 2.74. The lowest BCUT2D eigenvalue weighted by atomic mass is 10.1. The Labute approximate surface area is 148 Å². The summed E-state index contributed by atoms with van der Waals surface area (Å²) in [6.07, 6.45) is 0.801. The second-order valence-electron chi connectivity index (χ2n) is 5.74. The van der Waals surface area contributed by atoms with Gasteiger partial charge in [-0.05, 0) is 55.2 Å². The van der Waals surface area contributed by atoms with E-state index in [1.165, 1.54) is 6.92 Å². The molecule has 2 aromatic rings. The first-order valence-corrected chi connectivity index (χ1v) is 8.49. The van der Waals surface area contributed by atoms with Crippen molar-refractivity contribution in [3.8, 4) is 0 Å². The molecule has 118 valence electrons. The number of anilines is 1. The average Bonchev–Trinajstić information content (AvgIpc) is 3.27. The Bertz CT molecular complexity index is 790. The molecule has 0 aliphatic heterocycles. The van der Waals surface area contributed by atoms with Crippen molar-refractivity contribution in [1.29, 1.82) is 0 Å². The molecule has 5 heteroatoms. The van der Waals surface area contributed by atoms with Crippen LogP contribution >= 0.6 is 27.5 Å². The first kappa shape index (κ1) is 16.2. The molecule has 1 aliphatic carbocycles. The van der Waals surface area contributed by atoms with Gasteiger partial charge in [0.2, 0.25) is 5.91 Å². The van der Waals surface area contributed by atoms with Gasteiger partial charge in [-0.25, -0.2) is 0 Å². The molecule has 0 radical (unpaired) electrons. The van der Waals surface area contributed by atoms with Gasteiger partial charge in [-0.15, -0.1) is 0 Å². The third-order valence-electron chi connectivity index (χ3n) is 4.02. The van der Waals surface area contributed by atoms with Gasteiger partial charge in [-0.3, -0.25) is 9.59 Å². The molecular formula is C18H15BrClNO2. The highest BCUT2D eigenvalue weighted by Gasteiger charge is 2.44. The molecule has 1 amide bonds. The van der Waals surface area contributed by atoms with Gasteiger partial charge in [-0.2, -0.15) is 0 Å². The first-order chi connectivity index (χ1) is 11.0. The molecule has 1 aliphatic rings. The first-order valence-electron chi connectivity index (χ1n) is 7.32. The van der Waals surface area contributed by atoms with Gasteiger partial charge in [0.25, 0.3) is 0 Å². The SMILES string of the molecule is CC(=O)c1ccc(Br)cc1NC(=O)C1CC1c1cccc(Cl)c1. The van der Waals surface area contributed by atoms with E-state index < -0.39 is 0 Å². The van der Waals surface area contributed by atoms with Crippen LogP contribution in [0.3, 0.4) is 0 Å². The van der Waals surface area contributed by atoms with Crippen molar-refractivity contribution in [2.45, 2.75) is 19.3 Å². The van der Waals surface area contributed by atoms with Gasteiger partial charge in [0.1, 0.15) is 0 Å². The number of hydrogen-bond acceptors (Lipinski definition) is 2. The van der Waals surface area contributed by atoms with Gasteiger partial charge in [0.05, 0.1) is 5.69 Å². The summed E-state index contributed by atoms with van der Waals surface area (Å²) in [6, 6.07) is 12.9. The molecule has 0 saturated heterocycles. The van der Waals surface area contributed by atoms with Crippen LogP contribution in [0.2, 0.25) is 5.02 Å². The number of Topliss-reactive ketones (excluding diaryl/α,β-unsaturated/α-hetero) is 1. The smallest absolute Gasteiger partial charge is 0.228 e. The Morgan fingerprint density at radius 1 is 1.22 bits per heavy atom. The van der Waals surface area contributed by atoms with Gasteiger partial charge in [0, 0.05) is 21.0 Å². The molecular weight excluding hydrogens is 378 g/mol. The number of nitrogens with one attached hydrogen (secondary N) is 1. The van der Waals surface area contributed by atoms with E-state index in [4.69, 9.17) is 11.6 Å². The minimum atomic E-state index is -0.0766. The number of ketones is 1. The fourth-order valence-corrected chi connectivity index (χ4v) is 3.30. The van der Waals surface area contributed by atoms with Crippen LogP contribution in [-0.4, -0.2) is 11.7 Å². The Kier molecular flexibility index (Phi) is 4.55. The molecule has 1 saturated carbocycles. The third kappa shape index (κ3) is 3.65. The summed E-state index contributed by atoms with van der Waals surface area (Å²) >= 11 is 9.37. The lowest BCUT2D eigenvalue weighted by molar-refractivity contribution is -0.117. The van der Waals surface area contributed by atoms with Crippen molar-refractivity contribution in [1.82, 2.24) is 0 Å². The van der Waals surface area contributed by atoms with Crippen LogP contribution in [0.4, 0.5) is 5.69 Å². The molecule has 2 aromatic carbocycles. The summed E-state index contributed by atoms with van der Waals surface area (Å²) in [5, 5.41) is 3.57. The topological polar surface area (TPSA) is 46.2 Å². The summed E-state index contributed by atoms with van der Waals surface area (Å²) in [6.45, 7) is 1.49. The van der Waals surface area contributed by atoms with Gasteiger partial charge >= 0.3 is 0 Å². The summed E-state index contributed by atoms with van der Waals surface area (Å²) in [4.78, 5) is 24.1. The highest BCUT2D eigenvalue weighted by Crippen LogP contribution is 2.48. The van der Waals surface area contributed by atoms with Crippen molar-refractivity contribution in [2.24, 2.45) is 5.92 Å². The number of carbonyl (C=O) groups is 2. The predicted molar refractivity (Wildman–Crippen MR) is 95.1 cm³/mol. The lowest BCUT2D eigenvalue weighted by Gasteiger charge is -2.10. The second-order valence-corrected chi connectivity index (χ2v) is 7.09. The Balaban J connectivity index is 1.74. The van der Waals surface area contributed by atoms with Crippen molar-refractivity contribution in [3.63, 3.8) is 0 Å². The molecule has 2 unspecified atom stereocenters. The minimum Gasteiger partial charge on any atom is -0.325 e. The average molecular weight is 393 g/mol. The summed E-state index contributed by atoms with van der Waals surface area (Å²) in [5.74, 6) is -0.0144.